The van der Waals surface area contributed by atoms with Crippen LogP contribution in [-0.4, -0.2) is 40.7 Å². The first-order valence-electron chi connectivity index (χ1n) is 10.1. The van der Waals surface area contributed by atoms with Crippen LogP contribution in [0, 0.1) is 13.8 Å². The molecule has 0 saturated heterocycles. The van der Waals surface area contributed by atoms with E-state index in [1.54, 1.807) is 32.5 Å². The molecule has 158 valence electrons. The van der Waals surface area contributed by atoms with Crippen LogP contribution >= 0.6 is 0 Å². The van der Waals surface area contributed by atoms with E-state index in [-0.39, 0.29) is 11.8 Å². The molecule has 0 spiro atoms. The number of hydrogen-bond donors (Lipinski definition) is 1. The summed E-state index contributed by atoms with van der Waals surface area (Å²) in [5.74, 6) is 0.542. The van der Waals surface area contributed by atoms with Crippen LogP contribution in [0.5, 0.6) is 0 Å². The zero-order valence-corrected chi connectivity index (χ0v) is 18.1. The number of benzene rings is 1. The van der Waals surface area contributed by atoms with Crippen LogP contribution in [0.2, 0.25) is 0 Å². The summed E-state index contributed by atoms with van der Waals surface area (Å²) < 4.78 is 0. The quantitative estimate of drug-likeness (QED) is 0.827. The lowest BCUT2D eigenvalue weighted by Gasteiger charge is -2.20. The van der Waals surface area contributed by atoms with Gasteiger partial charge in [0.15, 0.2) is 11.3 Å². The first-order valence-corrected chi connectivity index (χ1v) is 10.1. The normalized spacial score (nSPS) is 19.5. The molecule has 7 nitrogen and oxygen atoms in total. The van der Waals surface area contributed by atoms with Gasteiger partial charge in [0, 0.05) is 29.2 Å². The Morgan fingerprint density at radius 1 is 1.23 bits per heavy atom. The van der Waals surface area contributed by atoms with Crippen molar-refractivity contribution in [2.45, 2.75) is 39.3 Å². The lowest BCUT2D eigenvalue weighted by molar-refractivity contribution is -0.128. The molecule has 31 heavy (non-hydrogen) atoms. The Bertz CT molecular complexity index is 1160. The maximum Gasteiger partial charge on any atom is 0.230 e. The van der Waals surface area contributed by atoms with E-state index < -0.39 is 5.60 Å². The fourth-order valence-electron chi connectivity index (χ4n) is 3.58. The number of carbonyl (C=O) groups excluding carboxylic acids is 1. The van der Waals surface area contributed by atoms with E-state index in [2.05, 4.69) is 27.0 Å². The summed E-state index contributed by atoms with van der Waals surface area (Å²) in [7, 11) is 0. The molecular formula is C24H25N5O2. The summed E-state index contributed by atoms with van der Waals surface area (Å²) in [6.07, 6.45) is 5.27. The minimum atomic E-state index is -0.927. The van der Waals surface area contributed by atoms with E-state index in [1.165, 1.54) is 0 Å². The number of aliphatic imine (C=N–C) groups is 2. The monoisotopic (exact) mass is 415 g/mol. The summed E-state index contributed by atoms with van der Waals surface area (Å²) in [4.78, 5) is 31.3. The molecule has 3 heterocycles. The van der Waals surface area contributed by atoms with Gasteiger partial charge in [-0.05, 0) is 56.5 Å². The zero-order valence-electron chi connectivity index (χ0n) is 18.1. The number of rotatable bonds is 4. The lowest BCUT2D eigenvalue weighted by atomic mass is 9.92. The summed E-state index contributed by atoms with van der Waals surface area (Å²) >= 11 is 0. The fourth-order valence-corrected chi connectivity index (χ4v) is 3.58. The van der Waals surface area contributed by atoms with Crippen molar-refractivity contribution in [1.82, 2.24) is 10.3 Å². The highest BCUT2D eigenvalue weighted by atomic mass is 16.7. The summed E-state index contributed by atoms with van der Waals surface area (Å²) in [5.41, 5.74) is 5.04. The minimum Gasteiger partial charge on any atom is -0.381 e. The van der Waals surface area contributed by atoms with Gasteiger partial charge in [-0.15, -0.1) is 0 Å². The number of hydrogen-bond acceptors (Lipinski definition) is 7. The van der Waals surface area contributed by atoms with E-state index in [4.69, 9.17) is 9.83 Å². The van der Waals surface area contributed by atoms with E-state index in [0.29, 0.717) is 18.1 Å². The van der Waals surface area contributed by atoms with Crippen molar-refractivity contribution >= 4 is 29.2 Å². The molecule has 0 saturated carbocycles. The smallest absolute Gasteiger partial charge is 0.230 e. The van der Waals surface area contributed by atoms with Crippen molar-refractivity contribution in [3.8, 4) is 0 Å². The number of aromatic nitrogens is 1. The minimum absolute atomic E-state index is 0.121. The van der Waals surface area contributed by atoms with E-state index in [0.717, 1.165) is 33.5 Å². The van der Waals surface area contributed by atoms with Gasteiger partial charge in [0.1, 0.15) is 5.84 Å². The molecule has 4 rings (SSSR count). The first-order chi connectivity index (χ1) is 14.8. The predicted octanol–water partition coefficient (Wildman–Crippen LogP) is 3.56. The third kappa shape index (κ3) is 4.03. The Morgan fingerprint density at radius 2 is 2.03 bits per heavy atom. The summed E-state index contributed by atoms with van der Waals surface area (Å²) in [6.45, 7) is 12.1. The fraction of sp³-hybridized carbons (Fsp3) is 0.292. The molecule has 2 aliphatic rings. The largest absolute Gasteiger partial charge is 0.381 e. The zero-order chi connectivity index (χ0) is 22.2. The highest BCUT2D eigenvalue weighted by molar-refractivity contribution is 6.49. The number of aryl methyl sites for hydroxylation is 2. The Balaban J connectivity index is 1.50. The van der Waals surface area contributed by atoms with Gasteiger partial charge < -0.3 is 10.2 Å². The van der Waals surface area contributed by atoms with Crippen molar-refractivity contribution in [3.05, 3.63) is 71.1 Å². The Morgan fingerprint density at radius 3 is 2.68 bits per heavy atom. The molecule has 0 aliphatic carbocycles. The Labute approximate surface area is 181 Å². The maximum atomic E-state index is 12.6. The molecule has 7 heteroatoms. The van der Waals surface area contributed by atoms with Crippen LogP contribution in [0.15, 0.2) is 58.4 Å². The number of pyridine rings is 1. The standard InChI is InChI=1S/C24H25N5O2/c1-14-6-7-17(22-23(30)24(4,5)31-29-22)10-19(14)20-12-27-21(13-26-20)28-16(3)18-8-9-25-11-15(18)2/h6-11,13,20H,3,12H2,1-2,4-5H3,(H,27,28). The van der Waals surface area contributed by atoms with E-state index in [9.17, 15) is 4.79 Å². The van der Waals surface area contributed by atoms with Crippen molar-refractivity contribution in [3.63, 3.8) is 0 Å². The van der Waals surface area contributed by atoms with Gasteiger partial charge >= 0.3 is 0 Å². The first kappa shape index (κ1) is 20.7. The van der Waals surface area contributed by atoms with Gasteiger partial charge in [-0.3, -0.25) is 19.8 Å². The van der Waals surface area contributed by atoms with Gasteiger partial charge in [-0.25, -0.2) is 0 Å². The van der Waals surface area contributed by atoms with Gasteiger partial charge in [0.2, 0.25) is 5.78 Å². The second kappa shape index (κ2) is 7.91. The molecule has 1 N–H and O–H groups in total. The third-order valence-electron chi connectivity index (χ3n) is 5.47. The van der Waals surface area contributed by atoms with Crippen LogP contribution in [0.1, 0.15) is 47.7 Å². The second-order valence-electron chi connectivity index (χ2n) is 8.26. The van der Waals surface area contributed by atoms with Gasteiger partial charge in [0.05, 0.1) is 18.8 Å². The molecule has 0 radical (unpaired) electrons. The Hall–Kier alpha value is -3.61. The number of nitrogens with one attached hydrogen (secondary N) is 1. The van der Waals surface area contributed by atoms with Crippen LogP contribution < -0.4 is 5.32 Å². The Kier molecular flexibility index (Phi) is 5.27. The summed E-state index contributed by atoms with van der Waals surface area (Å²) in [6, 6.07) is 7.62. The topological polar surface area (TPSA) is 88.3 Å². The molecule has 1 aromatic heterocycles. The van der Waals surface area contributed by atoms with Crippen LogP contribution in [0.4, 0.5) is 0 Å². The third-order valence-corrected chi connectivity index (χ3v) is 5.47. The SMILES string of the molecule is C=C(NC1=NCC(c2cc(C3=NOC(C)(C)C3=O)ccc2C)N=C1)c1ccncc1C. The number of amidine groups is 1. The lowest BCUT2D eigenvalue weighted by Crippen LogP contribution is -2.33. The molecule has 1 aromatic carbocycles. The molecule has 0 fully saturated rings. The van der Waals surface area contributed by atoms with Crippen LogP contribution in [0.25, 0.3) is 5.70 Å². The highest BCUT2D eigenvalue weighted by Crippen LogP contribution is 2.28. The number of Topliss-reactive ketones (excluding diaryl/α,β-unsaturated/α-hetero) is 1. The molecule has 1 atom stereocenters. The van der Waals surface area contributed by atoms with Crippen LogP contribution in [0.3, 0.4) is 0 Å². The number of oxime groups is 1. The number of nitrogens with zero attached hydrogens (tertiary/aromatic N) is 4. The molecule has 0 bridgehead atoms. The molecule has 2 aromatic rings. The summed E-state index contributed by atoms with van der Waals surface area (Å²) in [5, 5.41) is 7.24. The maximum absolute atomic E-state index is 12.6. The van der Waals surface area contributed by atoms with Gasteiger partial charge in [0.25, 0.3) is 0 Å². The van der Waals surface area contributed by atoms with E-state index >= 15 is 0 Å². The van der Waals surface area contributed by atoms with Gasteiger partial charge in [-0.1, -0.05) is 23.9 Å². The molecule has 0 amide bonds. The van der Waals surface area contributed by atoms with Gasteiger partial charge in [-0.2, -0.15) is 0 Å². The second-order valence-corrected chi connectivity index (χ2v) is 8.26. The molecule has 2 aliphatic heterocycles. The predicted molar refractivity (Wildman–Crippen MR) is 123 cm³/mol. The van der Waals surface area contributed by atoms with Crippen molar-refractivity contribution < 1.29 is 9.63 Å². The van der Waals surface area contributed by atoms with Crippen molar-refractivity contribution in [2.75, 3.05) is 6.54 Å². The van der Waals surface area contributed by atoms with Crippen molar-refractivity contribution in [1.29, 1.82) is 0 Å². The average Bonchev–Trinajstić information content (AvgIpc) is 3.02. The molecular weight excluding hydrogens is 390 g/mol. The number of carbonyl (C=O) groups is 1. The van der Waals surface area contributed by atoms with E-state index in [1.807, 2.05) is 38.1 Å². The highest BCUT2D eigenvalue weighted by Gasteiger charge is 2.40. The van der Waals surface area contributed by atoms with Crippen molar-refractivity contribution in [2.24, 2.45) is 15.1 Å². The van der Waals surface area contributed by atoms with Crippen LogP contribution in [-0.2, 0) is 9.63 Å². The number of ketones is 1. The molecule has 1 unspecified atom stereocenters. The average molecular weight is 415 g/mol.